The minimum atomic E-state index is -1.41. The highest BCUT2D eigenvalue weighted by molar-refractivity contribution is 6.03. The lowest BCUT2D eigenvalue weighted by Crippen LogP contribution is -2.70. The number of nitro groups is 1. The first-order chi connectivity index (χ1) is 31.8. The van der Waals surface area contributed by atoms with Crippen molar-refractivity contribution in [2.75, 3.05) is 72.4 Å². The van der Waals surface area contributed by atoms with E-state index in [0.29, 0.717) is 48.8 Å². The van der Waals surface area contributed by atoms with Gasteiger partial charge in [0.15, 0.2) is 0 Å². The Morgan fingerprint density at radius 1 is 0.985 bits per heavy atom. The third-order valence-corrected chi connectivity index (χ3v) is 14.1. The number of fused-ring (bicyclic) bond motifs is 2. The number of hydrogen-bond acceptors (Lipinski definition) is 13. The number of oxime groups is 1. The van der Waals surface area contributed by atoms with Crippen LogP contribution >= 0.6 is 0 Å². The molecule has 3 fully saturated rings. The summed E-state index contributed by atoms with van der Waals surface area (Å²) in [5.41, 5.74) is 3.26. The Bertz CT molecular complexity index is 1930. The van der Waals surface area contributed by atoms with Gasteiger partial charge in [-0.2, -0.15) is 0 Å². The van der Waals surface area contributed by atoms with E-state index < -0.39 is 22.7 Å². The summed E-state index contributed by atoms with van der Waals surface area (Å²) in [5.74, 6) is -0.144. The van der Waals surface area contributed by atoms with Crippen LogP contribution in [0.25, 0.3) is 0 Å². The summed E-state index contributed by atoms with van der Waals surface area (Å²) < 4.78 is 26.8. The summed E-state index contributed by atoms with van der Waals surface area (Å²) >= 11 is 0. The molecule has 1 amide bonds. The molecule has 3 N–H and O–H groups in total. The van der Waals surface area contributed by atoms with Gasteiger partial charge < -0.3 is 44.0 Å². The highest BCUT2D eigenvalue weighted by Crippen LogP contribution is 2.62. The van der Waals surface area contributed by atoms with Crippen LogP contribution in [0, 0.1) is 33.8 Å². The number of aliphatic hydroxyl groups excluding tert-OH is 3. The number of allylic oxidation sites excluding steroid dienone is 1. The molecule has 1 saturated heterocycles. The first-order valence-corrected chi connectivity index (χ1v) is 24.1. The maximum absolute atomic E-state index is 15.0. The number of nitro benzene ring substituents is 1. The standard InChI is InChI=1S/C50H70N4O11/c1-2-28-63-50-46(53(24-29-61-31-27-57)47(58)20-15-36-9-3-4-10-36)34-44(51-64-35-37-13-16-39(17-14-37)54(59)60)42-32-38(11-5-7-25-55)41(12-6-8-26-56)48(49(42)50)43-33-40(18-19-45(43)65-50)62-30-23-52-21-22-52/h2,13-14,16-19,32-33,36,38,41,46,48-49,55-57H,1,3-12,15,20-31,34-35H2/t38-,41+,46-,48+,49+,50+/m0/s1. The summed E-state index contributed by atoms with van der Waals surface area (Å²) in [5, 5.41) is 45.9. The molecule has 0 bridgehead atoms. The Morgan fingerprint density at radius 2 is 1.75 bits per heavy atom. The molecule has 3 aliphatic carbocycles. The van der Waals surface area contributed by atoms with Gasteiger partial charge in [0.05, 0.1) is 43.0 Å². The Labute approximate surface area is 383 Å². The van der Waals surface area contributed by atoms with E-state index in [1.54, 1.807) is 18.2 Å². The van der Waals surface area contributed by atoms with Crippen LogP contribution < -0.4 is 9.47 Å². The highest BCUT2D eigenvalue weighted by Gasteiger charge is 2.65. The van der Waals surface area contributed by atoms with Crippen molar-refractivity contribution >= 4 is 17.3 Å². The second-order valence-corrected chi connectivity index (χ2v) is 18.3. The first-order valence-electron chi connectivity index (χ1n) is 24.1. The van der Waals surface area contributed by atoms with E-state index in [4.69, 9.17) is 28.9 Å². The number of aliphatic hydroxyl groups is 3. The Morgan fingerprint density at radius 3 is 2.46 bits per heavy atom. The fourth-order valence-corrected chi connectivity index (χ4v) is 10.8. The largest absolute Gasteiger partial charge is 0.492 e. The maximum Gasteiger partial charge on any atom is 0.269 e. The number of carbonyl (C=O) groups excluding carboxylic acids is 1. The average molecular weight is 903 g/mol. The van der Waals surface area contributed by atoms with Crippen molar-refractivity contribution in [2.45, 2.75) is 108 Å². The van der Waals surface area contributed by atoms with Crippen LogP contribution in [0.2, 0.25) is 0 Å². The molecule has 15 heteroatoms. The number of nitrogens with zero attached hydrogens (tertiary/aromatic N) is 4. The Hall–Kier alpha value is -4.38. The molecule has 15 nitrogen and oxygen atoms in total. The molecule has 65 heavy (non-hydrogen) atoms. The van der Waals surface area contributed by atoms with E-state index in [2.05, 4.69) is 23.6 Å². The molecular weight excluding hydrogens is 833 g/mol. The van der Waals surface area contributed by atoms with Gasteiger partial charge in [-0.15, -0.1) is 6.58 Å². The topological polar surface area (TPSA) is 186 Å². The lowest BCUT2D eigenvalue weighted by atomic mass is 9.55. The summed E-state index contributed by atoms with van der Waals surface area (Å²) in [6.45, 7) is 8.39. The normalized spacial score (nSPS) is 25.3. The fraction of sp³-hybridized carbons (Fsp3) is 0.640. The maximum atomic E-state index is 15.0. The zero-order valence-corrected chi connectivity index (χ0v) is 37.9. The van der Waals surface area contributed by atoms with Crippen molar-refractivity contribution in [1.29, 1.82) is 0 Å². The van der Waals surface area contributed by atoms with Crippen molar-refractivity contribution < 1.29 is 48.8 Å². The monoisotopic (exact) mass is 903 g/mol. The SMILES string of the molecule is C=CCO[C@@]12Oc3ccc(OCCN4CC4)cc3[C@H]3[C@H](CCCCO)[C@@H](CCCCO)C=C(C(=NOCc4ccc([N+](=O)[O-])cc4)C[C@@H]1N(CCOCCO)C(=O)CCC1CCCC1)[C@H]32. The van der Waals surface area contributed by atoms with Crippen LogP contribution in [0.15, 0.2) is 71.9 Å². The molecule has 356 valence electrons. The number of hydrogen-bond donors (Lipinski definition) is 3. The third kappa shape index (κ3) is 12.2. The van der Waals surface area contributed by atoms with Gasteiger partial charge >= 0.3 is 0 Å². The van der Waals surface area contributed by atoms with E-state index in [1.807, 2.05) is 17.0 Å². The van der Waals surface area contributed by atoms with Gasteiger partial charge in [0.1, 0.15) is 30.8 Å². The molecule has 2 aromatic carbocycles. The molecule has 7 rings (SSSR count). The Balaban J connectivity index is 1.37. The summed E-state index contributed by atoms with van der Waals surface area (Å²) in [6, 6.07) is 11.5. The minimum Gasteiger partial charge on any atom is -0.492 e. The Kier molecular flexibility index (Phi) is 17.8. The molecule has 0 aromatic heterocycles. The van der Waals surface area contributed by atoms with Gasteiger partial charge in [-0.25, -0.2) is 0 Å². The van der Waals surface area contributed by atoms with Gasteiger partial charge in [0.25, 0.3) is 5.69 Å². The predicted octanol–water partition coefficient (Wildman–Crippen LogP) is 6.93. The van der Waals surface area contributed by atoms with Crippen molar-refractivity contribution in [3.63, 3.8) is 0 Å². The average Bonchev–Trinajstić information content (AvgIpc) is 3.99. The summed E-state index contributed by atoms with van der Waals surface area (Å²) in [6.07, 6.45) is 14.5. The first kappa shape index (κ1) is 48.6. The highest BCUT2D eigenvalue weighted by atomic mass is 16.7. The lowest BCUT2D eigenvalue weighted by Gasteiger charge is -2.60. The molecule has 0 unspecified atom stereocenters. The molecule has 2 heterocycles. The van der Waals surface area contributed by atoms with Crippen molar-refractivity contribution in [3.8, 4) is 11.5 Å². The zero-order valence-electron chi connectivity index (χ0n) is 37.9. The van der Waals surface area contributed by atoms with Crippen LogP contribution in [0.1, 0.15) is 101 Å². The molecule has 0 radical (unpaired) electrons. The smallest absolute Gasteiger partial charge is 0.269 e. The van der Waals surface area contributed by atoms with Crippen molar-refractivity contribution in [3.05, 3.63) is 88.0 Å². The molecule has 0 spiro atoms. The second-order valence-electron chi connectivity index (χ2n) is 18.3. The van der Waals surface area contributed by atoms with Crippen molar-refractivity contribution in [2.24, 2.45) is 28.8 Å². The van der Waals surface area contributed by atoms with E-state index in [1.165, 1.54) is 25.0 Å². The second kappa shape index (κ2) is 23.9. The third-order valence-electron chi connectivity index (χ3n) is 14.1. The number of rotatable bonds is 28. The van der Waals surface area contributed by atoms with Crippen LogP contribution in [-0.2, 0) is 25.7 Å². The number of unbranched alkanes of at least 4 members (excludes halogenated alkanes) is 2. The number of benzene rings is 2. The minimum absolute atomic E-state index is 0.0160. The van der Waals surface area contributed by atoms with Gasteiger partial charge in [-0.05, 0) is 91.3 Å². The molecule has 2 saturated carbocycles. The summed E-state index contributed by atoms with van der Waals surface area (Å²) in [4.78, 5) is 36.3. The van der Waals surface area contributed by atoms with E-state index >= 15 is 0 Å². The van der Waals surface area contributed by atoms with Crippen molar-refractivity contribution in [1.82, 2.24) is 9.80 Å². The van der Waals surface area contributed by atoms with Gasteiger partial charge in [0, 0.05) is 75.8 Å². The van der Waals surface area contributed by atoms with Crippen LogP contribution in [0.5, 0.6) is 11.5 Å². The van der Waals surface area contributed by atoms with Gasteiger partial charge in [0.2, 0.25) is 11.7 Å². The van der Waals surface area contributed by atoms with Crippen LogP contribution in [0.3, 0.4) is 0 Å². The van der Waals surface area contributed by atoms with Crippen LogP contribution in [0.4, 0.5) is 5.69 Å². The molecule has 2 aliphatic heterocycles. The number of carbonyl (C=O) groups is 1. The van der Waals surface area contributed by atoms with Gasteiger partial charge in [-0.3, -0.25) is 19.8 Å². The van der Waals surface area contributed by atoms with Gasteiger partial charge in [-0.1, -0.05) is 55.8 Å². The molecule has 5 aliphatic rings. The van der Waals surface area contributed by atoms with E-state index in [-0.39, 0.29) is 88.6 Å². The zero-order chi connectivity index (χ0) is 45.6. The summed E-state index contributed by atoms with van der Waals surface area (Å²) in [7, 11) is 0. The predicted molar refractivity (Wildman–Crippen MR) is 246 cm³/mol. The van der Waals surface area contributed by atoms with E-state index in [0.717, 1.165) is 81.5 Å². The molecule has 2 aromatic rings. The van der Waals surface area contributed by atoms with Crippen LogP contribution in [-0.4, -0.2) is 126 Å². The fourth-order valence-electron chi connectivity index (χ4n) is 10.8. The number of amides is 1. The van der Waals surface area contributed by atoms with E-state index in [9.17, 15) is 30.2 Å². The quantitative estimate of drug-likeness (QED) is 0.0263. The molecule has 6 atom stereocenters. The molecular formula is C50H70N4O11. The lowest BCUT2D eigenvalue weighted by molar-refractivity contribution is -0.384. The number of ether oxygens (including phenoxy) is 4. The number of non-ortho nitro benzene ring substituents is 1.